The van der Waals surface area contributed by atoms with Crippen molar-refractivity contribution in [2.24, 2.45) is 0 Å². The Hall–Kier alpha value is -1.16. The molecule has 1 aromatic rings. The molecule has 1 saturated carbocycles. The summed E-state index contributed by atoms with van der Waals surface area (Å²) in [4.78, 5) is 11.5. The van der Waals surface area contributed by atoms with Gasteiger partial charge >= 0.3 is 0 Å². The Balaban J connectivity index is 1.73. The molecule has 0 atom stereocenters. The second-order valence-corrected chi connectivity index (χ2v) is 6.09. The molecule has 0 spiro atoms. The van der Waals surface area contributed by atoms with E-state index in [0.29, 0.717) is 0 Å². The van der Waals surface area contributed by atoms with Crippen LogP contribution in [0.25, 0.3) is 0 Å². The van der Waals surface area contributed by atoms with Gasteiger partial charge in [0.25, 0.3) is 0 Å². The van der Waals surface area contributed by atoms with Gasteiger partial charge in [0, 0.05) is 30.9 Å². The average Bonchev–Trinajstić information content (AvgIpc) is 3.10. The van der Waals surface area contributed by atoms with Crippen LogP contribution < -0.4 is 10.2 Å². The van der Waals surface area contributed by atoms with Crippen LogP contribution in [-0.2, 0) is 6.54 Å². The van der Waals surface area contributed by atoms with Crippen LogP contribution in [0.3, 0.4) is 0 Å². The highest BCUT2D eigenvalue weighted by molar-refractivity contribution is 5.41. The van der Waals surface area contributed by atoms with Crippen molar-refractivity contribution in [3.05, 3.63) is 18.1 Å². The standard InChI is InChI=1S/C14H22N4/c1-14(2)6-3-7-18(14)13-10-15-8-12(17-13)9-16-11-4-5-11/h8,10-11,16H,3-7,9H2,1-2H3. The minimum atomic E-state index is 0.219. The van der Waals surface area contributed by atoms with E-state index in [1.54, 1.807) is 0 Å². The predicted molar refractivity (Wildman–Crippen MR) is 72.6 cm³/mol. The van der Waals surface area contributed by atoms with Crippen molar-refractivity contribution >= 4 is 5.82 Å². The monoisotopic (exact) mass is 246 g/mol. The lowest BCUT2D eigenvalue weighted by molar-refractivity contribution is 0.512. The molecule has 0 unspecified atom stereocenters. The number of hydrogen-bond donors (Lipinski definition) is 1. The number of nitrogens with zero attached hydrogens (tertiary/aromatic N) is 3. The highest BCUT2D eigenvalue weighted by Crippen LogP contribution is 2.32. The highest BCUT2D eigenvalue weighted by Gasteiger charge is 2.33. The maximum Gasteiger partial charge on any atom is 0.147 e. The molecule has 4 heteroatoms. The van der Waals surface area contributed by atoms with E-state index < -0.39 is 0 Å². The van der Waals surface area contributed by atoms with E-state index in [-0.39, 0.29) is 5.54 Å². The first-order valence-corrected chi connectivity index (χ1v) is 6.97. The van der Waals surface area contributed by atoms with Crippen molar-refractivity contribution in [3.8, 4) is 0 Å². The zero-order chi connectivity index (χ0) is 12.6. The lowest BCUT2D eigenvalue weighted by atomic mass is 10.0. The molecule has 0 amide bonds. The summed E-state index contributed by atoms with van der Waals surface area (Å²) in [5, 5.41) is 3.49. The van der Waals surface area contributed by atoms with Crippen LogP contribution in [0.1, 0.15) is 45.2 Å². The van der Waals surface area contributed by atoms with Gasteiger partial charge in [-0.15, -0.1) is 0 Å². The summed E-state index contributed by atoms with van der Waals surface area (Å²) in [6.45, 7) is 6.52. The van der Waals surface area contributed by atoms with Gasteiger partial charge in [0.1, 0.15) is 5.82 Å². The summed E-state index contributed by atoms with van der Waals surface area (Å²) in [6, 6.07) is 0.721. The topological polar surface area (TPSA) is 41.1 Å². The lowest BCUT2D eigenvalue weighted by Crippen LogP contribution is -2.38. The van der Waals surface area contributed by atoms with E-state index in [1.807, 2.05) is 12.4 Å². The smallest absolute Gasteiger partial charge is 0.147 e. The number of aromatic nitrogens is 2. The van der Waals surface area contributed by atoms with E-state index in [9.17, 15) is 0 Å². The van der Waals surface area contributed by atoms with Gasteiger partial charge < -0.3 is 10.2 Å². The molecule has 0 bridgehead atoms. The van der Waals surface area contributed by atoms with Crippen molar-refractivity contribution in [2.75, 3.05) is 11.4 Å². The fourth-order valence-corrected chi connectivity index (χ4v) is 2.68. The Morgan fingerprint density at radius 3 is 2.89 bits per heavy atom. The van der Waals surface area contributed by atoms with E-state index in [2.05, 4.69) is 29.0 Å². The molecule has 0 aromatic carbocycles. The molecule has 98 valence electrons. The van der Waals surface area contributed by atoms with Gasteiger partial charge in [0.05, 0.1) is 11.9 Å². The summed E-state index contributed by atoms with van der Waals surface area (Å²) < 4.78 is 0. The van der Waals surface area contributed by atoms with Crippen LogP contribution in [0.4, 0.5) is 5.82 Å². The van der Waals surface area contributed by atoms with Gasteiger partial charge in [-0.2, -0.15) is 0 Å². The fourth-order valence-electron chi connectivity index (χ4n) is 2.68. The largest absolute Gasteiger partial charge is 0.350 e. The normalized spacial score (nSPS) is 22.4. The molecular weight excluding hydrogens is 224 g/mol. The van der Waals surface area contributed by atoms with Crippen molar-refractivity contribution < 1.29 is 0 Å². The molecule has 18 heavy (non-hydrogen) atoms. The molecule has 1 aliphatic heterocycles. The Labute approximate surface area is 109 Å². The number of rotatable bonds is 4. The molecular formula is C14H22N4. The molecule has 4 nitrogen and oxygen atoms in total. The van der Waals surface area contributed by atoms with E-state index in [4.69, 9.17) is 4.98 Å². The SMILES string of the molecule is CC1(C)CCCN1c1cncc(CNC2CC2)n1. The molecule has 1 aliphatic carbocycles. The van der Waals surface area contributed by atoms with E-state index >= 15 is 0 Å². The van der Waals surface area contributed by atoms with Crippen molar-refractivity contribution in [3.63, 3.8) is 0 Å². The molecule has 1 N–H and O–H groups in total. The maximum atomic E-state index is 4.75. The first-order chi connectivity index (χ1) is 8.65. The van der Waals surface area contributed by atoms with Crippen LogP contribution in [-0.4, -0.2) is 28.1 Å². The zero-order valence-corrected chi connectivity index (χ0v) is 11.3. The molecule has 0 radical (unpaired) electrons. The molecule has 2 fully saturated rings. The van der Waals surface area contributed by atoms with E-state index in [0.717, 1.165) is 30.6 Å². The van der Waals surface area contributed by atoms with Gasteiger partial charge in [0.2, 0.25) is 0 Å². The van der Waals surface area contributed by atoms with Crippen LogP contribution in [0.2, 0.25) is 0 Å². The summed E-state index contributed by atoms with van der Waals surface area (Å²) in [6.07, 6.45) is 8.88. The third kappa shape index (κ3) is 2.48. The Morgan fingerprint density at radius 1 is 1.39 bits per heavy atom. The first-order valence-electron chi connectivity index (χ1n) is 6.97. The van der Waals surface area contributed by atoms with Crippen LogP contribution in [0.5, 0.6) is 0 Å². The van der Waals surface area contributed by atoms with Gasteiger partial charge in [0.15, 0.2) is 0 Å². The first kappa shape index (κ1) is 11.9. The van der Waals surface area contributed by atoms with Crippen molar-refractivity contribution in [1.29, 1.82) is 0 Å². The molecule has 2 heterocycles. The maximum absolute atomic E-state index is 4.75. The quantitative estimate of drug-likeness (QED) is 0.883. The van der Waals surface area contributed by atoms with Crippen LogP contribution in [0.15, 0.2) is 12.4 Å². The fraction of sp³-hybridized carbons (Fsp3) is 0.714. The van der Waals surface area contributed by atoms with Gasteiger partial charge in [-0.25, -0.2) is 4.98 Å². The predicted octanol–water partition coefficient (Wildman–Crippen LogP) is 2.11. The van der Waals surface area contributed by atoms with Gasteiger partial charge in [-0.1, -0.05) is 0 Å². The Morgan fingerprint density at radius 2 is 2.22 bits per heavy atom. The van der Waals surface area contributed by atoms with E-state index in [1.165, 1.54) is 25.7 Å². The number of hydrogen-bond acceptors (Lipinski definition) is 4. The minimum absolute atomic E-state index is 0.219. The zero-order valence-electron chi connectivity index (χ0n) is 11.3. The summed E-state index contributed by atoms with van der Waals surface area (Å²) >= 11 is 0. The Bertz CT molecular complexity index is 426. The third-order valence-electron chi connectivity index (χ3n) is 4.00. The highest BCUT2D eigenvalue weighted by atomic mass is 15.3. The second-order valence-electron chi connectivity index (χ2n) is 6.09. The van der Waals surface area contributed by atoms with Gasteiger partial charge in [-0.05, 0) is 39.5 Å². The molecule has 2 aliphatic rings. The minimum Gasteiger partial charge on any atom is -0.350 e. The van der Waals surface area contributed by atoms with Crippen LogP contribution >= 0.6 is 0 Å². The average molecular weight is 246 g/mol. The summed E-state index contributed by atoms with van der Waals surface area (Å²) in [5.74, 6) is 1.03. The number of nitrogens with one attached hydrogen (secondary N) is 1. The van der Waals surface area contributed by atoms with Gasteiger partial charge in [-0.3, -0.25) is 4.98 Å². The lowest BCUT2D eigenvalue weighted by Gasteiger charge is -2.32. The molecule has 1 aromatic heterocycles. The van der Waals surface area contributed by atoms with Crippen LogP contribution in [0, 0.1) is 0 Å². The molecule has 1 saturated heterocycles. The number of anilines is 1. The third-order valence-corrected chi connectivity index (χ3v) is 4.00. The summed E-state index contributed by atoms with van der Waals surface area (Å²) in [7, 11) is 0. The van der Waals surface area contributed by atoms with Crippen molar-refractivity contribution in [1.82, 2.24) is 15.3 Å². The second kappa shape index (κ2) is 4.50. The van der Waals surface area contributed by atoms with Crippen molar-refractivity contribution in [2.45, 2.75) is 57.7 Å². The molecule has 3 rings (SSSR count). The summed E-state index contributed by atoms with van der Waals surface area (Å²) in [5.41, 5.74) is 1.28. The Kier molecular flexibility index (Phi) is 2.98.